The highest BCUT2D eigenvalue weighted by Crippen LogP contribution is 2.36. The van der Waals surface area contributed by atoms with Crippen LogP contribution in [0.25, 0.3) is 0 Å². The summed E-state index contributed by atoms with van der Waals surface area (Å²) in [7, 11) is -0.508. The van der Waals surface area contributed by atoms with Crippen LogP contribution in [-0.4, -0.2) is 35.7 Å². The average molecular weight is 422 g/mol. The lowest BCUT2D eigenvalue weighted by molar-refractivity contribution is 0.00578. The molecule has 1 fully saturated rings. The van der Waals surface area contributed by atoms with Gasteiger partial charge in [0.15, 0.2) is 5.78 Å². The molecule has 0 spiro atoms. The van der Waals surface area contributed by atoms with Crippen LogP contribution in [0.15, 0.2) is 48.5 Å². The van der Waals surface area contributed by atoms with Crippen LogP contribution in [0.2, 0.25) is 0 Å². The number of ether oxygens (including phenoxy) is 1. The van der Waals surface area contributed by atoms with Crippen molar-refractivity contribution in [3.63, 3.8) is 0 Å². The molecule has 164 valence electrons. The summed E-state index contributed by atoms with van der Waals surface area (Å²) in [6.45, 7) is 13.5. The van der Waals surface area contributed by atoms with E-state index in [2.05, 4.69) is 0 Å². The zero-order chi connectivity index (χ0) is 23.0. The first-order chi connectivity index (χ1) is 14.3. The monoisotopic (exact) mass is 422 g/mol. The molecule has 0 aromatic heterocycles. The van der Waals surface area contributed by atoms with Gasteiger partial charge in [-0.1, -0.05) is 36.4 Å². The third-order valence-electron chi connectivity index (χ3n) is 5.69. The van der Waals surface area contributed by atoms with Gasteiger partial charge in [-0.3, -0.25) is 4.79 Å². The largest absolute Gasteiger partial charge is 0.494 e. The Hall–Kier alpha value is -2.44. The molecule has 0 aliphatic carbocycles. The van der Waals surface area contributed by atoms with E-state index in [1.54, 1.807) is 30.3 Å². The number of benzene rings is 2. The summed E-state index contributed by atoms with van der Waals surface area (Å²) >= 11 is 0. The van der Waals surface area contributed by atoms with Crippen LogP contribution >= 0.6 is 0 Å². The molecule has 5 nitrogen and oxygen atoms in total. The van der Waals surface area contributed by atoms with E-state index >= 15 is 0 Å². The molecule has 0 radical (unpaired) electrons. The topological polar surface area (TPSA) is 61.8 Å². The molecule has 31 heavy (non-hydrogen) atoms. The van der Waals surface area contributed by atoms with Crippen molar-refractivity contribution in [3.8, 4) is 0 Å². The maximum absolute atomic E-state index is 12.9. The molecule has 2 aromatic rings. The predicted octanol–water partition coefficient (Wildman–Crippen LogP) is 4.37. The van der Waals surface area contributed by atoms with E-state index in [4.69, 9.17) is 14.0 Å². The van der Waals surface area contributed by atoms with E-state index in [1.165, 1.54) is 0 Å². The van der Waals surface area contributed by atoms with Crippen molar-refractivity contribution in [2.45, 2.75) is 71.7 Å². The molecular formula is C25H31BO5. The highest BCUT2D eigenvalue weighted by molar-refractivity contribution is 6.62. The first kappa shape index (κ1) is 23.2. The van der Waals surface area contributed by atoms with Crippen molar-refractivity contribution in [1.29, 1.82) is 0 Å². The molecule has 0 atom stereocenters. The van der Waals surface area contributed by atoms with Gasteiger partial charge >= 0.3 is 13.1 Å². The maximum atomic E-state index is 12.9. The maximum Gasteiger partial charge on any atom is 0.494 e. The Labute approximate surface area is 185 Å². The second-order valence-electron chi connectivity index (χ2n) is 10.0. The van der Waals surface area contributed by atoms with Gasteiger partial charge in [0.25, 0.3) is 0 Å². The van der Waals surface area contributed by atoms with E-state index in [0.717, 1.165) is 11.0 Å². The fourth-order valence-corrected chi connectivity index (χ4v) is 3.22. The van der Waals surface area contributed by atoms with Gasteiger partial charge < -0.3 is 14.0 Å². The van der Waals surface area contributed by atoms with Crippen LogP contribution < -0.4 is 5.46 Å². The van der Waals surface area contributed by atoms with E-state index < -0.39 is 23.9 Å². The molecule has 2 aromatic carbocycles. The molecule has 1 heterocycles. The number of carbonyl (C=O) groups is 2. The van der Waals surface area contributed by atoms with Gasteiger partial charge in [0, 0.05) is 12.0 Å². The minimum Gasteiger partial charge on any atom is -0.456 e. The second-order valence-corrected chi connectivity index (χ2v) is 10.0. The number of rotatable bonds is 5. The molecule has 0 unspecified atom stereocenters. The Bertz CT molecular complexity index is 954. The number of Topliss-reactive ketones (excluding diaryl/α,β-unsaturated/α-hetero) is 1. The third kappa shape index (κ3) is 5.44. The molecule has 3 rings (SSSR count). The number of carbonyl (C=O) groups excluding carboxylic acids is 2. The smallest absolute Gasteiger partial charge is 0.456 e. The van der Waals surface area contributed by atoms with E-state index in [-0.39, 0.29) is 18.2 Å². The fourth-order valence-electron chi connectivity index (χ4n) is 3.22. The summed E-state index contributed by atoms with van der Waals surface area (Å²) in [6, 6.07) is 14.3. The van der Waals surface area contributed by atoms with Gasteiger partial charge in [-0.15, -0.1) is 0 Å². The highest BCUT2D eigenvalue weighted by Gasteiger charge is 2.51. The Morgan fingerprint density at radius 2 is 1.48 bits per heavy atom. The SMILES string of the molecule is CC(C)(C)OC(=O)c1ccc(CC(=O)c2cccc(B3OC(C)(C)C(C)(C)O3)c2)cc1. The normalized spacial score (nSPS) is 17.5. The van der Waals surface area contributed by atoms with Crippen LogP contribution in [0.5, 0.6) is 0 Å². The molecule has 1 aliphatic rings. The quantitative estimate of drug-likeness (QED) is 0.407. The van der Waals surface area contributed by atoms with Gasteiger partial charge in [0.2, 0.25) is 0 Å². The lowest BCUT2D eigenvalue weighted by Gasteiger charge is -2.32. The van der Waals surface area contributed by atoms with Crippen molar-refractivity contribution in [3.05, 3.63) is 65.2 Å². The number of hydrogen-bond acceptors (Lipinski definition) is 5. The van der Waals surface area contributed by atoms with Crippen molar-refractivity contribution < 1.29 is 23.6 Å². The Balaban J connectivity index is 1.69. The van der Waals surface area contributed by atoms with E-state index in [9.17, 15) is 9.59 Å². The lowest BCUT2D eigenvalue weighted by Crippen LogP contribution is -2.41. The zero-order valence-electron chi connectivity index (χ0n) is 19.4. The summed E-state index contributed by atoms with van der Waals surface area (Å²) in [5.74, 6) is -0.385. The summed E-state index contributed by atoms with van der Waals surface area (Å²) in [5, 5.41) is 0. The lowest BCUT2D eigenvalue weighted by atomic mass is 9.78. The van der Waals surface area contributed by atoms with Crippen LogP contribution in [0, 0.1) is 0 Å². The van der Waals surface area contributed by atoms with Gasteiger partial charge in [-0.25, -0.2) is 4.79 Å². The van der Waals surface area contributed by atoms with Gasteiger partial charge in [0.1, 0.15) is 5.60 Å². The number of ketones is 1. The first-order valence-corrected chi connectivity index (χ1v) is 10.6. The first-order valence-electron chi connectivity index (χ1n) is 10.6. The van der Waals surface area contributed by atoms with Gasteiger partial charge in [-0.2, -0.15) is 0 Å². The summed E-state index contributed by atoms with van der Waals surface area (Å²) < 4.78 is 17.6. The van der Waals surface area contributed by atoms with Crippen molar-refractivity contribution in [2.24, 2.45) is 0 Å². The summed E-state index contributed by atoms with van der Waals surface area (Å²) in [6.07, 6.45) is 0.238. The minimum atomic E-state index is -0.548. The van der Waals surface area contributed by atoms with Crippen molar-refractivity contribution in [1.82, 2.24) is 0 Å². The van der Waals surface area contributed by atoms with Crippen molar-refractivity contribution in [2.75, 3.05) is 0 Å². The Kier molecular flexibility index (Phi) is 6.18. The molecule has 1 saturated heterocycles. The Morgan fingerprint density at radius 1 is 0.903 bits per heavy atom. The van der Waals surface area contributed by atoms with E-state index in [1.807, 2.05) is 66.7 Å². The molecular weight excluding hydrogens is 391 g/mol. The molecule has 0 bridgehead atoms. The predicted molar refractivity (Wildman–Crippen MR) is 122 cm³/mol. The van der Waals surface area contributed by atoms with Crippen molar-refractivity contribution >= 4 is 24.3 Å². The summed E-state index contributed by atoms with van der Waals surface area (Å²) in [4.78, 5) is 25.0. The van der Waals surface area contributed by atoms with Gasteiger partial charge in [0.05, 0.1) is 16.8 Å². The average Bonchev–Trinajstić information content (AvgIpc) is 2.88. The fraction of sp³-hybridized carbons (Fsp3) is 0.440. The van der Waals surface area contributed by atoms with Crippen LogP contribution in [0.1, 0.15) is 74.7 Å². The van der Waals surface area contributed by atoms with E-state index in [0.29, 0.717) is 11.1 Å². The van der Waals surface area contributed by atoms with Crippen LogP contribution in [0.4, 0.5) is 0 Å². The van der Waals surface area contributed by atoms with Crippen LogP contribution in [-0.2, 0) is 20.5 Å². The molecule has 6 heteroatoms. The third-order valence-corrected chi connectivity index (χ3v) is 5.69. The molecule has 0 amide bonds. The van der Waals surface area contributed by atoms with Gasteiger partial charge in [-0.05, 0) is 71.6 Å². The highest BCUT2D eigenvalue weighted by atomic mass is 16.7. The Morgan fingerprint density at radius 3 is 2.03 bits per heavy atom. The minimum absolute atomic E-state index is 0.0108. The van der Waals surface area contributed by atoms with Crippen LogP contribution in [0.3, 0.4) is 0 Å². The zero-order valence-corrected chi connectivity index (χ0v) is 19.4. The molecule has 0 saturated carbocycles. The molecule has 0 N–H and O–H groups in total. The molecule has 1 aliphatic heterocycles. The standard InChI is InChI=1S/C25H31BO5/c1-23(2,3)29-22(28)18-13-11-17(12-14-18)15-21(27)19-9-8-10-20(16-19)26-30-24(4,5)25(6,7)31-26/h8-14,16H,15H2,1-7H3. The summed E-state index contributed by atoms with van der Waals surface area (Å²) in [5.41, 5.74) is 1.30. The number of hydrogen-bond donors (Lipinski definition) is 0. The second kappa shape index (κ2) is 8.25. The number of esters is 1.